The van der Waals surface area contributed by atoms with Crippen molar-refractivity contribution in [2.75, 3.05) is 7.11 Å². The van der Waals surface area contributed by atoms with Crippen molar-refractivity contribution in [2.45, 2.75) is 49.5 Å². The summed E-state index contributed by atoms with van der Waals surface area (Å²) in [7, 11) is -3.93. The van der Waals surface area contributed by atoms with Crippen LogP contribution in [0.2, 0.25) is 0 Å². The first kappa shape index (κ1) is 18.0. The molecule has 0 aromatic heterocycles. The van der Waals surface area contributed by atoms with Crippen molar-refractivity contribution in [3.8, 4) is 5.75 Å². The van der Waals surface area contributed by atoms with Gasteiger partial charge in [0.25, 0.3) is 0 Å². The lowest BCUT2D eigenvalue weighted by atomic mass is 10.1. The second kappa shape index (κ2) is 7.04. The van der Waals surface area contributed by atoms with E-state index < -0.39 is 50.0 Å². The molecule has 9 heteroatoms. The van der Waals surface area contributed by atoms with E-state index in [1.54, 1.807) is 0 Å². The normalized spacial score (nSPS) is 17.1. The molecule has 23 heavy (non-hydrogen) atoms. The van der Waals surface area contributed by atoms with Gasteiger partial charge in [0.05, 0.1) is 7.11 Å². The molecule has 1 N–H and O–H groups in total. The van der Waals surface area contributed by atoms with Gasteiger partial charge in [-0.05, 0) is 12.8 Å². The molecular formula is C14H17F4NO3S. The highest BCUT2D eigenvalue weighted by Gasteiger charge is 2.35. The van der Waals surface area contributed by atoms with Crippen molar-refractivity contribution in [1.82, 2.24) is 4.72 Å². The summed E-state index contributed by atoms with van der Waals surface area (Å²) < 4.78 is 86.0. The number of hydrogen-bond donors (Lipinski definition) is 1. The summed E-state index contributed by atoms with van der Waals surface area (Å²) in [6, 6.07) is -0.519. The molecule has 0 spiro atoms. The Morgan fingerprint density at radius 2 is 1.39 bits per heavy atom. The second-order valence-corrected chi connectivity index (χ2v) is 7.08. The summed E-state index contributed by atoms with van der Waals surface area (Å²) in [4.78, 5) is -1.66. The van der Waals surface area contributed by atoms with Gasteiger partial charge in [-0.25, -0.2) is 21.9 Å². The van der Waals surface area contributed by atoms with Crippen LogP contribution in [0.5, 0.6) is 5.75 Å². The van der Waals surface area contributed by atoms with Crippen molar-refractivity contribution < 1.29 is 30.7 Å². The monoisotopic (exact) mass is 355 g/mol. The van der Waals surface area contributed by atoms with Gasteiger partial charge in [0.1, 0.15) is 0 Å². The fraction of sp³-hybridized carbons (Fsp3) is 0.571. The molecule has 0 radical (unpaired) electrons. The first-order valence-corrected chi connectivity index (χ1v) is 8.70. The molecule has 1 aromatic carbocycles. The maximum Gasteiger partial charge on any atom is 0.246 e. The first-order valence-electron chi connectivity index (χ1n) is 7.22. The Kier molecular flexibility index (Phi) is 5.51. The van der Waals surface area contributed by atoms with Crippen LogP contribution in [0.1, 0.15) is 38.5 Å². The first-order chi connectivity index (χ1) is 10.8. The zero-order valence-corrected chi connectivity index (χ0v) is 13.3. The molecule has 1 aliphatic rings. The van der Waals surface area contributed by atoms with E-state index >= 15 is 0 Å². The maximum absolute atomic E-state index is 13.9. The molecule has 1 aliphatic carbocycles. The van der Waals surface area contributed by atoms with Gasteiger partial charge in [0.15, 0.2) is 22.3 Å². The SMILES string of the molecule is COc1c(F)c(F)c(S(=O)(=O)NC2CCCCCC2)c(F)c1F. The van der Waals surface area contributed by atoms with Gasteiger partial charge in [0, 0.05) is 6.04 Å². The van der Waals surface area contributed by atoms with Gasteiger partial charge in [0.2, 0.25) is 21.7 Å². The third kappa shape index (κ3) is 3.60. The molecular weight excluding hydrogens is 338 g/mol. The lowest BCUT2D eigenvalue weighted by molar-refractivity contribution is 0.322. The quantitative estimate of drug-likeness (QED) is 0.512. The predicted molar refractivity (Wildman–Crippen MR) is 74.6 cm³/mol. The smallest absolute Gasteiger partial charge is 0.246 e. The van der Waals surface area contributed by atoms with Crippen LogP contribution in [-0.2, 0) is 10.0 Å². The summed E-state index contributed by atoms with van der Waals surface area (Å²) in [5, 5.41) is 0. The Morgan fingerprint density at radius 3 is 1.83 bits per heavy atom. The highest BCUT2D eigenvalue weighted by Crippen LogP contribution is 2.32. The van der Waals surface area contributed by atoms with Gasteiger partial charge < -0.3 is 4.74 Å². The average Bonchev–Trinajstić information content (AvgIpc) is 2.74. The lowest BCUT2D eigenvalue weighted by Crippen LogP contribution is -2.35. The minimum Gasteiger partial charge on any atom is -0.491 e. The van der Waals surface area contributed by atoms with Crippen molar-refractivity contribution in [3.05, 3.63) is 23.3 Å². The van der Waals surface area contributed by atoms with E-state index in [4.69, 9.17) is 0 Å². The van der Waals surface area contributed by atoms with E-state index in [9.17, 15) is 26.0 Å². The molecule has 0 unspecified atom stereocenters. The second-order valence-electron chi connectivity index (χ2n) is 5.43. The Bertz CT molecular complexity index is 657. The van der Waals surface area contributed by atoms with Crippen LogP contribution in [0.3, 0.4) is 0 Å². The van der Waals surface area contributed by atoms with Crippen LogP contribution in [0.4, 0.5) is 17.6 Å². The Labute approximate surface area is 131 Å². The standard InChI is InChI=1S/C14H17F4NO3S/c1-22-13-9(15)11(17)14(12(18)10(13)16)23(20,21)19-8-6-4-2-3-5-7-8/h8,19H,2-7H2,1H3. The fourth-order valence-corrected chi connectivity index (χ4v) is 4.13. The van der Waals surface area contributed by atoms with Crippen LogP contribution in [0.15, 0.2) is 4.90 Å². The molecule has 1 fully saturated rings. The topological polar surface area (TPSA) is 55.4 Å². The highest BCUT2D eigenvalue weighted by molar-refractivity contribution is 7.89. The molecule has 2 rings (SSSR count). The largest absolute Gasteiger partial charge is 0.491 e. The van der Waals surface area contributed by atoms with E-state index in [2.05, 4.69) is 9.46 Å². The number of sulfonamides is 1. The molecule has 0 amide bonds. The fourth-order valence-electron chi connectivity index (χ4n) is 2.68. The van der Waals surface area contributed by atoms with Crippen molar-refractivity contribution >= 4 is 10.0 Å². The Morgan fingerprint density at radius 1 is 0.913 bits per heavy atom. The molecule has 1 aromatic rings. The van der Waals surface area contributed by atoms with E-state index in [1.165, 1.54) is 0 Å². The van der Waals surface area contributed by atoms with Gasteiger partial charge in [-0.3, -0.25) is 0 Å². The summed E-state index contributed by atoms with van der Waals surface area (Å²) >= 11 is 0. The van der Waals surface area contributed by atoms with Crippen LogP contribution in [0, 0.1) is 23.3 Å². The number of rotatable bonds is 4. The van der Waals surface area contributed by atoms with Crippen LogP contribution in [0.25, 0.3) is 0 Å². The molecule has 1 saturated carbocycles. The van der Waals surface area contributed by atoms with Crippen molar-refractivity contribution in [2.24, 2.45) is 0 Å². The predicted octanol–water partition coefficient (Wildman–Crippen LogP) is 3.25. The van der Waals surface area contributed by atoms with Gasteiger partial charge in [-0.15, -0.1) is 0 Å². The molecule has 0 aliphatic heterocycles. The Balaban J connectivity index is 2.43. The average molecular weight is 355 g/mol. The van der Waals surface area contributed by atoms with E-state index in [-0.39, 0.29) is 0 Å². The molecule has 4 nitrogen and oxygen atoms in total. The third-order valence-electron chi connectivity index (χ3n) is 3.83. The summed E-state index contributed by atoms with van der Waals surface area (Å²) in [6.07, 6.45) is 4.42. The van der Waals surface area contributed by atoms with Crippen LogP contribution < -0.4 is 9.46 Å². The zero-order valence-electron chi connectivity index (χ0n) is 12.5. The van der Waals surface area contributed by atoms with E-state index in [1.807, 2.05) is 0 Å². The molecule has 0 saturated heterocycles. The molecule has 0 heterocycles. The number of halogens is 4. The summed E-state index contributed by atoms with van der Waals surface area (Å²) in [5.74, 6) is -9.06. The number of methoxy groups -OCH3 is 1. The Hall–Kier alpha value is -1.35. The van der Waals surface area contributed by atoms with Gasteiger partial charge in [-0.2, -0.15) is 8.78 Å². The molecule has 0 bridgehead atoms. The minimum absolute atomic E-state index is 0.504. The summed E-state index contributed by atoms with van der Waals surface area (Å²) in [6.45, 7) is 0. The lowest BCUT2D eigenvalue weighted by Gasteiger charge is -2.18. The zero-order chi connectivity index (χ0) is 17.2. The number of benzene rings is 1. The minimum atomic E-state index is -4.74. The van der Waals surface area contributed by atoms with Gasteiger partial charge >= 0.3 is 0 Å². The number of hydrogen-bond acceptors (Lipinski definition) is 3. The molecule has 130 valence electrons. The van der Waals surface area contributed by atoms with E-state index in [0.717, 1.165) is 32.8 Å². The van der Waals surface area contributed by atoms with E-state index in [0.29, 0.717) is 12.8 Å². The number of nitrogens with one attached hydrogen (secondary N) is 1. The van der Waals surface area contributed by atoms with Crippen LogP contribution >= 0.6 is 0 Å². The van der Waals surface area contributed by atoms with Gasteiger partial charge in [-0.1, -0.05) is 25.7 Å². The highest BCUT2D eigenvalue weighted by atomic mass is 32.2. The third-order valence-corrected chi connectivity index (χ3v) is 5.37. The molecule has 0 atom stereocenters. The number of ether oxygens (including phenoxy) is 1. The van der Waals surface area contributed by atoms with Crippen molar-refractivity contribution in [3.63, 3.8) is 0 Å². The van der Waals surface area contributed by atoms with Crippen molar-refractivity contribution in [1.29, 1.82) is 0 Å². The maximum atomic E-state index is 13.9. The summed E-state index contributed by atoms with van der Waals surface area (Å²) in [5.41, 5.74) is 0. The van der Waals surface area contributed by atoms with Crippen LogP contribution in [-0.4, -0.2) is 21.6 Å².